The van der Waals surface area contributed by atoms with E-state index in [-0.39, 0.29) is 22.4 Å². The van der Waals surface area contributed by atoms with Crippen molar-refractivity contribution in [2.24, 2.45) is 5.73 Å². The fourth-order valence-corrected chi connectivity index (χ4v) is 2.05. The van der Waals surface area contributed by atoms with Crippen LogP contribution in [-0.2, 0) is 0 Å². The van der Waals surface area contributed by atoms with E-state index >= 15 is 0 Å². The van der Waals surface area contributed by atoms with E-state index < -0.39 is 23.3 Å². The smallest absolute Gasteiger partial charge is 0.335 e. The van der Waals surface area contributed by atoms with Gasteiger partial charge in [0.05, 0.1) is 11.3 Å². The largest absolute Gasteiger partial charge is 0.494 e. The van der Waals surface area contributed by atoms with Crippen LogP contribution < -0.4 is 11.3 Å². The molecule has 1 aromatic carbocycles. The number of aromatic carboxylic acids is 1. The van der Waals surface area contributed by atoms with E-state index in [4.69, 9.17) is 10.8 Å². The van der Waals surface area contributed by atoms with Gasteiger partial charge in [0.1, 0.15) is 5.56 Å². The van der Waals surface area contributed by atoms with Crippen LogP contribution in [0.4, 0.5) is 0 Å². The first-order valence-electron chi connectivity index (χ1n) is 5.92. The minimum absolute atomic E-state index is 0.0556. The predicted molar refractivity (Wildman–Crippen MR) is 73.9 cm³/mol. The Kier molecular flexibility index (Phi) is 3.49. The zero-order chi connectivity index (χ0) is 15.7. The van der Waals surface area contributed by atoms with E-state index in [9.17, 15) is 19.5 Å². The van der Waals surface area contributed by atoms with Crippen LogP contribution >= 0.6 is 0 Å². The Hall–Kier alpha value is -3.09. The van der Waals surface area contributed by atoms with Gasteiger partial charge in [-0.05, 0) is 30.7 Å². The molecule has 0 fully saturated rings. The zero-order valence-electron chi connectivity index (χ0n) is 11.0. The zero-order valence-corrected chi connectivity index (χ0v) is 11.0. The summed E-state index contributed by atoms with van der Waals surface area (Å²) < 4.78 is 0.833. The van der Waals surface area contributed by atoms with Gasteiger partial charge in [-0.1, -0.05) is 6.07 Å². The van der Waals surface area contributed by atoms with Crippen molar-refractivity contribution >= 4 is 11.9 Å². The van der Waals surface area contributed by atoms with Gasteiger partial charge in [0.15, 0.2) is 0 Å². The molecule has 0 aliphatic heterocycles. The summed E-state index contributed by atoms with van der Waals surface area (Å²) in [6.45, 7) is 1.47. The van der Waals surface area contributed by atoms with Crippen molar-refractivity contribution in [3.63, 3.8) is 0 Å². The fraction of sp³-hybridized carbons (Fsp3) is 0.0714. The molecule has 0 unspecified atom stereocenters. The second-order valence-electron chi connectivity index (χ2n) is 4.42. The van der Waals surface area contributed by atoms with Crippen molar-refractivity contribution in [3.05, 3.63) is 57.4 Å². The molecule has 7 nitrogen and oxygen atoms in total. The average Bonchev–Trinajstić information content (AvgIpc) is 2.37. The van der Waals surface area contributed by atoms with Crippen LogP contribution in [0.15, 0.2) is 35.1 Å². The third kappa shape index (κ3) is 2.48. The molecule has 0 spiro atoms. The second-order valence-corrected chi connectivity index (χ2v) is 4.42. The number of aromatic nitrogens is 1. The molecule has 0 aliphatic carbocycles. The number of nitrogens with two attached hydrogens (primary N) is 1. The highest BCUT2D eigenvalue weighted by Crippen LogP contribution is 2.22. The lowest BCUT2D eigenvalue weighted by atomic mass is 10.1. The summed E-state index contributed by atoms with van der Waals surface area (Å²) in [4.78, 5) is 34.3. The Morgan fingerprint density at radius 1 is 1.24 bits per heavy atom. The Morgan fingerprint density at radius 3 is 2.48 bits per heavy atom. The number of benzene rings is 1. The molecule has 4 N–H and O–H groups in total. The summed E-state index contributed by atoms with van der Waals surface area (Å²) in [5, 5.41) is 19.1. The van der Waals surface area contributed by atoms with Crippen LogP contribution in [0.1, 0.15) is 26.3 Å². The van der Waals surface area contributed by atoms with Gasteiger partial charge >= 0.3 is 5.97 Å². The summed E-state index contributed by atoms with van der Waals surface area (Å²) in [5.74, 6) is -2.67. The van der Waals surface area contributed by atoms with Crippen molar-refractivity contribution < 1.29 is 19.8 Å². The third-order valence-electron chi connectivity index (χ3n) is 2.99. The lowest BCUT2D eigenvalue weighted by Crippen LogP contribution is -2.23. The number of rotatable bonds is 3. The average molecular weight is 288 g/mol. The molecule has 0 saturated heterocycles. The van der Waals surface area contributed by atoms with Gasteiger partial charge in [-0.25, -0.2) is 9.36 Å². The van der Waals surface area contributed by atoms with Crippen LogP contribution in [0.25, 0.3) is 5.69 Å². The van der Waals surface area contributed by atoms with Crippen molar-refractivity contribution in [1.82, 2.24) is 4.57 Å². The first-order chi connectivity index (χ1) is 9.82. The standard InChI is InChI=1S/C14H12N2O5/c1-7-5-10(17)16(13(19)11(7)12(15)18)9-4-2-3-8(6-9)14(20)21/h2-6,19H,1H3,(H2,15,18)(H,20,21). The minimum Gasteiger partial charge on any atom is -0.494 e. The molecule has 0 saturated carbocycles. The Balaban J connectivity index is 2.78. The maximum atomic E-state index is 12.0. The van der Waals surface area contributed by atoms with E-state index in [1.165, 1.54) is 31.2 Å². The van der Waals surface area contributed by atoms with Gasteiger partial charge in [0, 0.05) is 6.07 Å². The summed E-state index contributed by atoms with van der Waals surface area (Å²) in [6.07, 6.45) is 0. The van der Waals surface area contributed by atoms with Crippen LogP contribution in [0, 0.1) is 6.92 Å². The number of nitrogens with zero attached hydrogens (tertiary/aromatic N) is 1. The molecule has 7 heteroatoms. The van der Waals surface area contributed by atoms with E-state index in [0.29, 0.717) is 0 Å². The van der Waals surface area contributed by atoms with Gasteiger partial charge in [0.25, 0.3) is 11.5 Å². The molecule has 2 rings (SSSR count). The molecule has 1 aromatic heterocycles. The molecule has 0 radical (unpaired) electrons. The number of aryl methyl sites for hydroxylation is 1. The molecular formula is C14H12N2O5. The molecular weight excluding hydrogens is 276 g/mol. The number of hydrogen-bond donors (Lipinski definition) is 3. The number of carbonyl (C=O) groups excluding carboxylic acids is 1. The summed E-state index contributed by atoms with van der Waals surface area (Å²) in [6, 6.07) is 6.57. The van der Waals surface area contributed by atoms with E-state index in [2.05, 4.69) is 0 Å². The molecule has 0 aliphatic rings. The molecule has 21 heavy (non-hydrogen) atoms. The molecule has 1 amide bonds. The molecule has 0 atom stereocenters. The van der Waals surface area contributed by atoms with Gasteiger partial charge in [0.2, 0.25) is 5.88 Å². The van der Waals surface area contributed by atoms with Gasteiger partial charge in [-0.15, -0.1) is 0 Å². The summed E-state index contributed by atoms with van der Waals surface area (Å²) in [7, 11) is 0. The van der Waals surface area contributed by atoms with E-state index in [1.807, 2.05) is 0 Å². The number of pyridine rings is 1. The van der Waals surface area contributed by atoms with E-state index in [0.717, 1.165) is 10.6 Å². The summed E-state index contributed by atoms with van der Waals surface area (Å²) in [5.41, 5.74) is 4.71. The highest BCUT2D eigenvalue weighted by molar-refractivity contribution is 5.96. The minimum atomic E-state index is -1.17. The number of carboxylic acids is 1. The highest BCUT2D eigenvalue weighted by atomic mass is 16.4. The lowest BCUT2D eigenvalue weighted by Gasteiger charge is -2.13. The number of primary amides is 1. The van der Waals surface area contributed by atoms with E-state index in [1.54, 1.807) is 0 Å². The Labute approximate surface area is 118 Å². The second kappa shape index (κ2) is 5.12. The first-order valence-corrected chi connectivity index (χ1v) is 5.92. The van der Waals surface area contributed by atoms with Crippen LogP contribution in [-0.4, -0.2) is 26.7 Å². The number of carboxylic acid groups (broad SMARTS) is 1. The van der Waals surface area contributed by atoms with Crippen molar-refractivity contribution in [2.75, 3.05) is 0 Å². The van der Waals surface area contributed by atoms with Gasteiger partial charge in [-0.2, -0.15) is 0 Å². The van der Waals surface area contributed by atoms with Crippen LogP contribution in [0.3, 0.4) is 0 Å². The van der Waals surface area contributed by atoms with Crippen LogP contribution in [0.2, 0.25) is 0 Å². The molecule has 1 heterocycles. The fourth-order valence-electron chi connectivity index (χ4n) is 2.05. The highest BCUT2D eigenvalue weighted by Gasteiger charge is 2.18. The number of amides is 1. The summed E-state index contributed by atoms with van der Waals surface area (Å²) >= 11 is 0. The monoisotopic (exact) mass is 288 g/mol. The lowest BCUT2D eigenvalue weighted by molar-refractivity contribution is 0.0696. The predicted octanol–water partition coefficient (Wildman–Crippen LogP) is 0.649. The number of hydrogen-bond acceptors (Lipinski definition) is 4. The topological polar surface area (TPSA) is 123 Å². The van der Waals surface area contributed by atoms with Crippen LogP contribution in [0.5, 0.6) is 5.88 Å². The first kappa shape index (κ1) is 14.3. The Morgan fingerprint density at radius 2 is 1.90 bits per heavy atom. The van der Waals surface area contributed by atoms with Crippen molar-refractivity contribution in [3.8, 4) is 11.6 Å². The molecule has 2 aromatic rings. The molecule has 0 bridgehead atoms. The quantitative estimate of drug-likeness (QED) is 0.765. The number of aromatic hydroxyl groups is 1. The maximum Gasteiger partial charge on any atom is 0.335 e. The maximum absolute atomic E-state index is 12.0. The van der Waals surface area contributed by atoms with Gasteiger partial charge < -0.3 is 15.9 Å². The normalized spacial score (nSPS) is 10.3. The molecule has 108 valence electrons. The number of carbonyl (C=O) groups is 2. The van der Waals surface area contributed by atoms with Crippen molar-refractivity contribution in [2.45, 2.75) is 6.92 Å². The SMILES string of the molecule is Cc1cc(=O)n(-c2cccc(C(=O)O)c2)c(O)c1C(N)=O. The Bertz CT molecular complexity index is 807. The third-order valence-corrected chi connectivity index (χ3v) is 2.99. The van der Waals surface area contributed by atoms with Crippen molar-refractivity contribution in [1.29, 1.82) is 0 Å². The van der Waals surface area contributed by atoms with Gasteiger partial charge in [-0.3, -0.25) is 9.59 Å².